The summed E-state index contributed by atoms with van der Waals surface area (Å²) in [6, 6.07) is 2.09. The number of unbranched alkanes of at least 4 members (excludes halogenated alkanes) is 5. The van der Waals surface area contributed by atoms with Gasteiger partial charge in [0.2, 0.25) is 0 Å². The van der Waals surface area contributed by atoms with E-state index < -0.39 is 0 Å². The van der Waals surface area contributed by atoms with Crippen LogP contribution in [0.1, 0.15) is 59.3 Å². The average Bonchev–Trinajstić information content (AvgIpc) is 2.46. The number of hydrogen-bond donors (Lipinski definition) is 0. The third-order valence-electron chi connectivity index (χ3n) is 2.16. The maximum Gasteiger partial charge on any atom is 0.154 e. The summed E-state index contributed by atoms with van der Waals surface area (Å²) >= 11 is 0. The summed E-state index contributed by atoms with van der Waals surface area (Å²) in [6.07, 6.45) is 6.37. The lowest BCUT2D eigenvalue weighted by Crippen LogP contribution is -2.11. The zero-order chi connectivity index (χ0) is 16.1. The van der Waals surface area contributed by atoms with Crippen molar-refractivity contribution in [1.29, 1.82) is 5.26 Å². The van der Waals surface area contributed by atoms with Crippen LogP contribution in [-0.2, 0) is 14.3 Å². The molecule has 4 nitrogen and oxygen atoms in total. The Balaban J connectivity index is -0.000000262. The van der Waals surface area contributed by atoms with Crippen molar-refractivity contribution in [2.45, 2.75) is 65.6 Å². The van der Waals surface area contributed by atoms with Gasteiger partial charge < -0.3 is 14.3 Å². The van der Waals surface area contributed by atoms with E-state index in [4.69, 9.17) is 14.7 Å². The van der Waals surface area contributed by atoms with Crippen LogP contribution in [0.2, 0.25) is 0 Å². The van der Waals surface area contributed by atoms with Crippen LogP contribution in [-0.4, -0.2) is 25.8 Å². The minimum absolute atomic E-state index is 0.0370. The average molecular weight is 285 g/mol. The highest BCUT2D eigenvalue weighted by Gasteiger charge is 1.94. The maximum atomic E-state index is 9.84. The molecule has 0 radical (unpaired) electrons. The van der Waals surface area contributed by atoms with Crippen LogP contribution in [0.5, 0.6) is 0 Å². The molecule has 0 fully saturated rings. The van der Waals surface area contributed by atoms with Crippen molar-refractivity contribution in [3.05, 3.63) is 13.2 Å². The van der Waals surface area contributed by atoms with Gasteiger partial charge >= 0.3 is 0 Å². The minimum atomic E-state index is -0.0370. The molecule has 4 heteroatoms. The zero-order valence-electron chi connectivity index (χ0n) is 13.4. The molecule has 0 aromatic heterocycles. The largest absolute Gasteiger partial charge is 0.353 e. The molecule has 0 rings (SSSR count). The molecule has 0 amide bonds. The molecule has 0 aromatic rings. The number of nitriles is 1. The maximum absolute atomic E-state index is 9.84. The molecular weight excluding hydrogens is 254 g/mol. The first-order valence-electron chi connectivity index (χ1n) is 7.26. The molecule has 0 atom stereocenters. The Morgan fingerprint density at radius 3 is 2.00 bits per heavy atom. The number of rotatable bonds is 10. The van der Waals surface area contributed by atoms with Gasteiger partial charge in [0, 0.05) is 26.1 Å². The molecule has 0 spiro atoms. The van der Waals surface area contributed by atoms with Gasteiger partial charge in [0.1, 0.15) is 6.29 Å². The van der Waals surface area contributed by atoms with Crippen molar-refractivity contribution in [3.63, 3.8) is 0 Å². The number of ether oxygens (including phenoxy) is 2. The Bertz CT molecular complexity index is 208. The SMILES string of the molecule is C=C.CCOC(C)OCC.N#CCCCCCCC=O. The second kappa shape index (κ2) is 26.4. The summed E-state index contributed by atoms with van der Waals surface area (Å²) in [6.45, 7) is 13.3. The summed E-state index contributed by atoms with van der Waals surface area (Å²) in [4.78, 5) is 9.84. The van der Waals surface area contributed by atoms with Crippen LogP contribution in [0.4, 0.5) is 0 Å². The van der Waals surface area contributed by atoms with E-state index in [0.29, 0.717) is 12.8 Å². The van der Waals surface area contributed by atoms with E-state index in [1.54, 1.807) is 0 Å². The van der Waals surface area contributed by atoms with E-state index in [-0.39, 0.29) is 6.29 Å². The van der Waals surface area contributed by atoms with Crippen molar-refractivity contribution in [2.24, 2.45) is 0 Å². The van der Waals surface area contributed by atoms with E-state index in [1.807, 2.05) is 20.8 Å². The second-order valence-corrected chi connectivity index (χ2v) is 3.76. The lowest BCUT2D eigenvalue weighted by atomic mass is 10.1. The van der Waals surface area contributed by atoms with Crippen molar-refractivity contribution in [1.82, 2.24) is 0 Å². The van der Waals surface area contributed by atoms with Gasteiger partial charge in [-0.1, -0.05) is 12.8 Å². The molecule has 20 heavy (non-hydrogen) atoms. The Morgan fingerprint density at radius 2 is 1.60 bits per heavy atom. The van der Waals surface area contributed by atoms with Crippen LogP contribution < -0.4 is 0 Å². The summed E-state index contributed by atoms with van der Waals surface area (Å²) in [5.74, 6) is 0. The molecule has 0 heterocycles. The van der Waals surface area contributed by atoms with E-state index in [9.17, 15) is 4.79 Å². The molecule has 0 saturated carbocycles. The van der Waals surface area contributed by atoms with Gasteiger partial charge in [-0.3, -0.25) is 0 Å². The summed E-state index contributed by atoms with van der Waals surface area (Å²) < 4.78 is 10.1. The number of nitrogens with zero attached hydrogens (tertiary/aromatic N) is 1. The molecule has 0 aliphatic heterocycles. The summed E-state index contributed by atoms with van der Waals surface area (Å²) in [7, 11) is 0. The van der Waals surface area contributed by atoms with Gasteiger partial charge in [0.15, 0.2) is 6.29 Å². The number of carbonyl (C=O) groups excluding carboxylic acids is 1. The highest BCUT2D eigenvalue weighted by atomic mass is 16.7. The van der Waals surface area contributed by atoms with Crippen LogP contribution in [0, 0.1) is 11.3 Å². The van der Waals surface area contributed by atoms with Gasteiger partial charge in [0.25, 0.3) is 0 Å². The van der Waals surface area contributed by atoms with E-state index in [2.05, 4.69) is 19.2 Å². The van der Waals surface area contributed by atoms with Crippen molar-refractivity contribution in [3.8, 4) is 6.07 Å². The third kappa shape index (κ3) is 30.1. The Morgan fingerprint density at radius 1 is 1.10 bits per heavy atom. The van der Waals surface area contributed by atoms with Gasteiger partial charge in [-0.2, -0.15) is 5.26 Å². The fourth-order valence-corrected chi connectivity index (χ4v) is 1.30. The minimum Gasteiger partial charge on any atom is -0.353 e. The lowest BCUT2D eigenvalue weighted by Gasteiger charge is -2.09. The topological polar surface area (TPSA) is 59.3 Å². The van der Waals surface area contributed by atoms with E-state index in [1.165, 1.54) is 0 Å². The van der Waals surface area contributed by atoms with E-state index in [0.717, 1.165) is 45.2 Å². The van der Waals surface area contributed by atoms with E-state index >= 15 is 0 Å². The highest BCUT2D eigenvalue weighted by molar-refractivity contribution is 5.48. The molecule has 0 bridgehead atoms. The predicted molar refractivity (Wildman–Crippen MR) is 83.3 cm³/mol. The molecule has 0 aliphatic carbocycles. The molecule has 0 aliphatic rings. The number of hydrogen-bond acceptors (Lipinski definition) is 4. The fraction of sp³-hybridized carbons (Fsp3) is 0.750. The van der Waals surface area contributed by atoms with Crippen LogP contribution in [0.15, 0.2) is 13.2 Å². The lowest BCUT2D eigenvalue weighted by molar-refractivity contribution is -0.123. The smallest absolute Gasteiger partial charge is 0.154 e. The van der Waals surface area contributed by atoms with Gasteiger partial charge in [0.05, 0.1) is 6.07 Å². The Labute approximate surface area is 124 Å². The van der Waals surface area contributed by atoms with Gasteiger partial charge in [-0.25, -0.2) is 0 Å². The first-order chi connectivity index (χ1) is 9.72. The van der Waals surface area contributed by atoms with Gasteiger partial charge in [-0.15, -0.1) is 13.2 Å². The highest BCUT2D eigenvalue weighted by Crippen LogP contribution is 2.02. The molecule has 0 aromatic carbocycles. The Hall–Kier alpha value is -1.18. The third-order valence-corrected chi connectivity index (χ3v) is 2.16. The summed E-state index contributed by atoms with van der Waals surface area (Å²) in [5.41, 5.74) is 0. The normalized spacial score (nSPS) is 8.75. The zero-order valence-corrected chi connectivity index (χ0v) is 13.4. The molecule has 118 valence electrons. The molecule has 0 unspecified atom stereocenters. The summed E-state index contributed by atoms with van der Waals surface area (Å²) in [5, 5.41) is 8.16. The molecular formula is C16H31NO3. The van der Waals surface area contributed by atoms with Crippen molar-refractivity contribution in [2.75, 3.05) is 13.2 Å². The first kappa shape index (κ1) is 23.9. The second-order valence-electron chi connectivity index (χ2n) is 3.76. The standard InChI is InChI=1S/C8H13NO.C6H14O2.C2H4/c9-7-5-3-1-2-4-6-8-10;1-4-7-6(3)8-5-2;1-2/h8H,1-6H2;6H,4-5H2,1-3H3;1-2H2. The number of aldehydes is 1. The van der Waals surface area contributed by atoms with Crippen molar-refractivity contribution >= 4 is 6.29 Å². The van der Waals surface area contributed by atoms with Crippen LogP contribution in [0.3, 0.4) is 0 Å². The monoisotopic (exact) mass is 285 g/mol. The Kier molecular flexibility index (Phi) is 31.5. The van der Waals surface area contributed by atoms with Crippen LogP contribution >= 0.6 is 0 Å². The fourth-order valence-electron chi connectivity index (χ4n) is 1.30. The number of carbonyl (C=O) groups is 1. The quantitative estimate of drug-likeness (QED) is 0.260. The van der Waals surface area contributed by atoms with Gasteiger partial charge in [-0.05, 0) is 33.6 Å². The molecule has 0 N–H and O–H groups in total. The molecule has 0 saturated heterocycles. The first-order valence-corrected chi connectivity index (χ1v) is 7.26. The van der Waals surface area contributed by atoms with Crippen LogP contribution in [0.25, 0.3) is 0 Å². The predicted octanol–water partition coefficient (Wildman–Crippen LogP) is 4.26. The van der Waals surface area contributed by atoms with Crippen molar-refractivity contribution < 1.29 is 14.3 Å².